The van der Waals surface area contributed by atoms with E-state index in [0.717, 1.165) is 5.56 Å². The molecule has 0 radical (unpaired) electrons. The Bertz CT molecular complexity index is 277. The van der Waals surface area contributed by atoms with Crippen LogP contribution in [0.25, 0.3) is 5.76 Å². The van der Waals surface area contributed by atoms with Crippen LogP contribution in [0.4, 0.5) is 0 Å². The first-order chi connectivity index (χ1) is 6.24. The molecule has 0 saturated heterocycles. The van der Waals surface area contributed by atoms with Crippen molar-refractivity contribution in [2.75, 3.05) is 7.11 Å². The fraction of sp³-hybridized carbons (Fsp3) is 0.273. The van der Waals surface area contributed by atoms with Crippen molar-refractivity contribution in [1.29, 1.82) is 0 Å². The van der Waals surface area contributed by atoms with E-state index in [1.165, 1.54) is 0 Å². The molecule has 1 N–H and O–H groups in total. The molecule has 1 aromatic rings. The van der Waals surface area contributed by atoms with Crippen LogP contribution in [0.15, 0.2) is 36.4 Å². The van der Waals surface area contributed by atoms with Crippen molar-refractivity contribution in [3.8, 4) is 0 Å². The van der Waals surface area contributed by atoms with E-state index in [9.17, 15) is 5.11 Å². The van der Waals surface area contributed by atoms with Gasteiger partial charge in [0, 0.05) is 12.7 Å². The molecule has 2 heteroatoms. The third kappa shape index (κ3) is 2.92. The van der Waals surface area contributed by atoms with E-state index in [4.69, 9.17) is 4.74 Å². The van der Waals surface area contributed by atoms with Crippen molar-refractivity contribution < 1.29 is 9.84 Å². The Hall–Kier alpha value is -1.28. The van der Waals surface area contributed by atoms with Gasteiger partial charge in [-0.25, -0.2) is 0 Å². The van der Waals surface area contributed by atoms with Crippen molar-refractivity contribution in [1.82, 2.24) is 0 Å². The summed E-state index contributed by atoms with van der Waals surface area (Å²) in [6.45, 7) is 1.87. The topological polar surface area (TPSA) is 29.5 Å². The lowest BCUT2D eigenvalue weighted by molar-refractivity contribution is 0.155. The molecular formula is C11H14O2. The molecule has 70 valence electrons. The Morgan fingerprint density at radius 1 is 1.38 bits per heavy atom. The highest BCUT2D eigenvalue weighted by Gasteiger charge is 2.00. The number of benzene rings is 1. The lowest BCUT2D eigenvalue weighted by Gasteiger charge is -2.05. The van der Waals surface area contributed by atoms with Gasteiger partial charge in [0.25, 0.3) is 0 Å². The molecule has 0 heterocycles. The predicted molar refractivity (Wildman–Crippen MR) is 53.5 cm³/mol. The molecule has 1 rings (SSSR count). The standard InChI is InChI=1S/C11H14O2/c1-9(13-2)8-11(12)10-6-4-3-5-7-10/h3-9,12H,1-2H3/b11-8+. The minimum Gasteiger partial charge on any atom is -0.508 e. The molecule has 0 saturated carbocycles. The number of aliphatic hydroxyl groups is 1. The van der Waals surface area contributed by atoms with Crippen LogP contribution in [0.1, 0.15) is 12.5 Å². The summed E-state index contributed by atoms with van der Waals surface area (Å²) in [6, 6.07) is 9.40. The average Bonchev–Trinajstić information content (AvgIpc) is 2.19. The van der Waals surface area contributed by atoms with Gasteiger partial charge in [-0.1, -0.05) is 30.3 Å². The van der Waals surface area contributed by atoms with Gasteiger partial charge in [-0.2, -0.15) is 0 Å². The van der Waals surface area contributed by atoms with E-state index < -0.39 is 0 Å². The highest BCUT2D eigenvalue weighted by Crippen LogP contribution is 2.11. The minimum absolute atomic E-state index is 0.0693. The zero-order valence-electron chi connectivity index (χ0n) is 7.90. The Labute approximate surface area is 78.5 Å². The quantitative estimate of drug-likeness (QED) is 0.721. The number of hydrogen-bond acceptors (Lipinski definition) is 2. The fourth-order valence-electron chi connectivity index (χ4n) is 0.995. The van der Waals surface area contributed by atoms with Crippen LogP contribution in [0.2, 0.25) is 0 Å². The Kier molecular flexibility index (Phi) is 3.53. The monoisotopic (exact) mass is 178 g/mol. The molecule has 0 aliphatic rings. The third-order valence-electron chi connectivity index (χ3n) is 1.83. The molecule has 2 nitrogen and oxygen atoms in total. The lowest BCUT2D eigenvalue weighted by atomic mass is 10.1. The Balaban J connectivity index is 2.79. The highest BCUT2D eigenvalue weighted by atomic mass is 16.5. The van der Waals surface area contributed by atoms with Crippen molar-refractivity contribution in [3.63, 3.8) is 0 Å². The second kappa shape index (κ2) is 4.67. The maximum Gasteiger partial charge on any atom is 0.121 e. The summed E-state index contributed by atoms with van der Waals surface area (Å²) in [4.78, 5) is 0. The van der Waals surface area contributed by atoms with Crippen molar-refractivity contribution in [2.24, 2.45) is 0 Å². The first kappa shape index (κ1) is 9.81. The van der Waals surface area contributed by atoms with Crippen molar-refractivity contribution >= 4 is 5.76 Å². The van der Waals surface area contributed by atoms with Crippen LogP contribution < -0.4 is 0 Å². The van der Waals surface area contributed by atoms with Gasteiger partial charge in [-0.05, 0) is 13.0 Å². The van der Waals surface area contributed by atoms with E-state index in [1.807, 2.05) is 37.3 Å². The number of aliphatic hydroxyl groups excluding tert-OH is 1. The van der Waals surface area contributed by atoms with E-state index in [2.05, 4.69) is 0 Å². The molecule has 1 unspecified atom stereocenters. The lowest BCUT2D eigenvalue weighted by Crippen LogP contribution is -2.00. The van der Waals surface area contributed by atoms with Gasteiger partial charge >= 0.3 is 0 Å². The summed E-state index contributed by atoms with van der Waals surface area (Å²) < 4.78 is 5.01. The fourth-order valence-corrected chi connectivity index (χ4v) is 0.995. The summed E-state index contributed by atoms with van der Waals surface area (Å²) in [5, 5.41) is 9.60. The van der Waals surface area contributed by atoms with Crippen LogP contribution >= 0.6 is 0 Å². The molecule has 0 amide bonds. The minimum atomic E-state index is -0.0693. The van der Waals surface area contributed by atoms with Crippen molar-refractivity contribution in [2.45, 2.75) is 13.0 Å². The van der Waals surface area contributed by atoms with Gasteiger partial charge in [0.05, 0.1) is 6.10 Å². The van der Waals surface area contributed by atoms with Crippen LogP contribution in [0.5, 0.6) is 0 Å². The smallest absolute Gasteiger partial charge is 0.121 e. The predicted octanol–water partition coefficient (Wildman–Crippen LogP) is 2.62. The molecule has 0 fully saturated rings. The SMILES string of the molecule is COC(C)/C=C(/O)c1ccccc1. The number of methoxy groups -OCH3 is 1. The Morgan fingerprint density at radius 2 is 2.00 bits per heavy atom. The highest BCUT2D eigenvalue weighted by molar-refractivity contribution is 5.58. The second-order valence-corrected chi connectivity index (χ2v) is 2.86. The summed E-state index contributed by atoms with van der Waals surface area (Å²) in [5.41, 5.74) is 0.811. The Morgan fingerprint density at radius 3 is 2.54 bits per heavy atom. The largest absolute Gasteiger partial charge is 0.508 e. The zero-order chi connectivity index (χ0) is 9.68. The van der Waals surface area contributed by atoms with E-state index in [-0.39, 0.29) is 11.9 Å². The van der Waals surface area contributed by atoms with Crippen LogP contribution in [-0.4, -0.2) is 18.3 Å². The van der Waals surface area contributed by atoms with Crippen LogP contribution in [-0.2, 0) is 4.74 Å². The summed E-state index contributed by atoms with van der Waals surface area (Å²) in [7, 11) is 1.61. The first-order valence-corrected chi connectivity index (χ1v) is 4.23. The molecule has 1 atom stereocenters. The van der Waals surface area contributed by atoms with Gasteiger partial charge in [-0.3, -0.25) is 0 Å². The van der Waals surface area contributed by atoms with Gasteiger partial charge in [0.2, 0.25) is 0 Å². The number of hydrogen-bond donors (Lipinski definition) is 1. The molecule has 0 aliphatic carbocycles. The van der Waals surface area contributed by atoms with E-state index in [0.29, 0.717) is 0 Å². The summed E-state index contributed by atoms with van der Waals surface area (Å²) in [6.07, 6.45) is 1.61. The van der Waals surface area contributed by atoms with E-state index in [1.54, 1.807) is 13.2 Å². The average molecular weight is 178 g/mol. The number of ether oxygens (including phenoxy) is 1. The first-order valence-electron chi connectivity index (χ1n) is 4.23. The summed E-state index contributed by atoms with van der Waals surface area (Å²) in [5.74, 6) is 0.259. The zero-order valence-corrected chi connectivity index (χ0v) is 7.90. The molecule has 13 heavy (non-hydrogen) atoms. The molecular weight excluding hydrogens is 164 g/mol. The number of rotatable bonds is 3. The molecule has 0 spiro atoms. The normalized spacial score (nSPS) is 14.2. The molecule has 0 aromatic heterocycles. The maximum atomic E-state index is 9.60. The van der Waals surface area contributed by atoms with Crippen LogP contribution in [0, 0.1) is 0 Å². The van der Waals surface area contributed by atoms with Gasteiger partial charge in [0.15, 0.2) is 0 Å². The molecule has 0 bridgehead atoms. The van der Waals surface area contributed by atoms with Gasteiger partial charge in [-0.15, -0.1) is 0 Å². The summed E-state index contributed by atoms with van der Waals surface area (Å²) >= 11 is 0. The second-order valence-electron chi connectivity index (χ2n) is 2.86. The van der Waals surface area contributed by atoms with Gasteiger partial charge < -0.3 is 9.84 Å². The van der Waals surface area contributed by atoms with Crippen molar-refractivity contribution in [3.05, 3.63) is 42.0 Å². The van der Waals surface area contributed by atoms with Crippen LogP contribution in [0.3, 0.4) is 0 Å². The molecule has 0 aliphatic heterocycles. The third-order valence-corrected chi connectivity index (χ3v) is 1.83. The maximum absolute atomic E-state index is 9.60. The van der Waals surface area contributed by atoms with E-state index >= 15 is 0 Å². The molecule has 1 aromatic carbocycles. The van der Waals surface area contributed by atoms with Gasteiger partial charge in [0.1, 0.15) is 5.76 Å².